The molecule has 4 amide bonds. The molecule has 0 saturated carbocycles. The lowest BCUT2D eigenvalue weighted by Gasteiger charge is -2.51. The van der Waals surface area contributed by atoms with E-state index in [2.05, 4.69) is 44.5 Å². The summed E-state index contributed by atoms with van der Waals surface area (Å²) in [5.74, 6) is -3.92. The molecule has 0 bridgehead atoms. The summed E-state index contributed by atoms with van der Waals surface area (Å²) in [6.45, 7) is 2.60. The molecule has 4 aliphatic rings. The van der Waals surface area contributed by atoms with E-state index in [9.17, 15) is 77.8 Å². The smallest absolute Gasteiger partial charge is 0.397 e. The number of hydrogen-bond donors (Lipinski definition) is 13. The Balaban J connectivity index is 1.56. The number of aliphatic hydroxyl groups excluding tert-OH is 8. The summed E-state index contributed by atoms with van der Waals surface area (Å²) in [4.78, 5) is 62.4. The Morgan fingerprint density at radius 1 is 0.513 bits per heavy atom. The number of amides is 4. The van der Waals surface area contributed by atoms with Gasteiger partial charge in [0.1, 0.15) is 104 Å². The fourth-order valence-electron chi connectivity index (χ4n) is 9.29. The number of rotatable bonds is 29. The standard InChI is InChI=1S/C48H80N4O25S/c1-6-7-8-9-10-11-12-13-14-15-16-17-18-19-32(59)52-34-38(61)37(60)30(22-69-27(5)58)74-46(34)75-42-28(20-53)72-47(35(40(42)63)50-25(3)56)76-43-29(21-54)73-48(36(41(43)64)51-26(4)57)77-44-31(23-70-78(66,67)68)71-45(65)33(39(44)62)49-24(2)55/h11-12,18-19,28-31,33-48,53-54,60-65H,6-10,13-17,20-23H2,1-5H3,(H,49,55)(H,50,56)(H,51,57)(H,52,59)(H,66,67,68)/b12-11-,19-18+/t28-,29?,30?,31-,33?,34?,35?,36?,37+,38+,39?,40?,41+,42+,43+,44+,45?,46-,47-,48-/m0/s1. The van der Waals surface area contributed by atoms with Gasteiger partial charge in [0.05, 0.1) is 19.8 Å². The molecule has 4 fully saturated rings. The van der Waals surface area contributed by atoms with E-state index in [1.165, 1.54) is 31.8 Å². The van der Waals surface area contributed by atoms with Crippen LogP contribution in [0.4, 0.5) is 0 Å². The first-order chi connectivity index (χ1) is 36.9. The molecule has 4 rings (SSSR count). The van der Waals surface area contributed by atoms with Crippen LogP contribution in [0.25, 0.3) is 0 Å². The quantitative estimate of drug-likeness (QED) is 0.0112. The minimum atomic E-state index is -5.16. The number of carbonyl (C=O) groups is 5. The molecule has 0 aromatic heterocycles. The van der Waals surface area contributed by atoms with Gasteiger partial charge in [0.2, 0.25) is 23.6 Å². The van der Waals surface area contributed by atoms with Gasteiger partial charge in [0.25, 0.3) is 0 Å². The van der Waals surface area contributed by atoms with Crippen molar-refractivity contribution in [3.63, 3.8) is 0 Å². The Bertz CT molecular complexity index is 2070. The van der Waals surface area contributed by atoms with Crippen molar-refractivity contribution in [2.45, 2.75) is 221 Å². The molecule has 30 heteroatoms. The number of ether oxygens (including phenoxy) is 8. The molecule has 0 aliphatic carbocycles. The van der Waals surface area contributed by atoms with Crippen LogP contribution >= 0.6 is 0 Å². The maximum Gasteiger partial charge on any atom is 0.397 e. The van der Waals surface area contributed by atoms with Crippen molar-refractivity contribution in [3.8, 4) is 0 Å². The molecular weight excluding hydrogens is 1060 g/mol. The van der Waals surface area contributed by atoms with Crippen molar-refractivity contribution in [1.82, 2.24) is 21.3 Å². The summed E-state index contributed by atoms with van der Waals surface area (Å²) in [5.41, 5.74) is 0. The van der Waals surface area contributed by atoms with Gasteiger partial charge in [0, 0.05) is 27.7 Å². The van der Waals surface area contributed by atoms with Crippen molar-refractivity contribution in [3.05, 3.63) is 24.3 Å². The van der Waals surface area contributed by atoms with Crippen molar-refractivity contribution >= 4 is 40.0 Å². The second-order valence-corrected chi connectivity index (χ2v) is 20.5. The van der Waals surface area contributed by atoms with Gasteiger partial charge < -0.3 is 100 Å². The van der Waals surface area contributed by atoms with E-state index in [1.54, 1.807) is 6.08 Å². The van der Waals surface area contributed by atoms with Crippen molar-refractivity contribution in [2.24, 2.45) is 0 Å². The Morgan fingerprint density at radius 3 is 1.38 bits per heavy atom. The maximum absolute atomic E-state index is 13.3. The lowest BCUT2D eigenvalue weighted by molar-refractivity contribution is -0.361. The van der Waals surface area contributed by atoms with E-state index in [4.69, 9.17) is 37.9 Å². The highest BCUT2D eigenvalue weighted by molar-refractivity contribution is 7.80. The van der Waals surface area contributed by atoms with Crippen LogP contribution in [0, 0.1) is 0 Å². The first-order valence-corrected chi connectivity index (χ1v) is 27.3. The molecule has 29 nitrogen and oxygen atoms in total. The average molecular weight is 1150 g/mol. The molecule has 9 unspecified atom stereocenters. The maximum atomic E-state index is 13.3. The van der Waals surface area contributed by atoms with Gasteiger partial charge in [-0.2, -0.15) is 8.42 Å². The van der Waals surface area contributed by atoms with Gasteiger partial charge in [-0.1, -0.05) is 50.8 Å². The lowest BCUT2D eigenvalue weighted by Crippen LogP contribution is -2.71. The molecule has 0 aromatic rings. The van der Waals surface area contributed by atoms with Crippen molar-refractivity contribution in [1.29, 1.82) is 0 Å². The van der Waals surface area contributed by atoms with Crippen molar-refractivity contribution in [2.75, 3.05) is 26.4 Å². The van der Waals surface area contributed by atoms with Gasteiger partial charge in [-0.3, -0.25) is 28.5 Å². The molecular formula is C48H80N4O25S. The highest BCUT2D eigenvalue weighted by Crippen LogP contribution is 2.35. The minimum Gasteiger partial charge on any atom is -0.463 e. The van der Waals surface area contributed by atoms with Crippen LogP contribution in [0.5, 0.6) is 0 Å². The number of carbonyl (C=O) groups excluding carboxylic acids is 5. The highest BCUT2D eigenvalue weighted by atomic mass is 32.3. The van der Waals surface area contributed by atoms with Gasteiger partial charge in [0.15, 0.2) is 25.2 Å². The van der Waals surface area contributed by atoms with E-state index in [-0.39, 0.29) is 0 Å². The minimum absolute atomic E-state index is 0.541. The zero-order valence-corrected chi connectivity index (χ0v) is 45.0. The van der Waals surface area contributed by atoms with E-state index >= 15 is 0 Å². The first kappa shape index (κ1) is 66.6. The van der Waals surface area contributed by atoms with Gasteiger partial charge in [-0.05, 0) is 44.6 Å². The molecule has 0 radical (unpaired) electrons. The zero-order valence-electron chi connectivity index (χ0n) is 44.2. The molecule has 20 atom stereocenters. The summed E-state index contributed by atoms with van der Waals surface area (Å²) < 4.78 is 83.2. The number of hydrogen-bond acceptors (Lipinski definition) is 24. The normalized spacial score (nSPS) is 35.5. The second-order valence-electron chi connectivity index (χ2n) is 19.4. The first-order valence-electron chi connectivity index (χ1n) is 26.0. The van der Waals surface area contributed by atoms with Crippen LogP contribution in [-0.2, 0) is 76.4 Å². The third-order valence-electron chi connectivity index (χ3n) is 13.1. The topological polar surface area (TPSA) is 433 Å². The molecule has 448 valence electrons. The summed E-state index contributed by atoms with van der Waals surface area (Å²) in [5, 5.41) is 99.3. The number of nitrogens with one attached hydrogen (secondary N) is 4. The molecule has 4 saturated heterocycles. The molecule has 13 N–H and O–H groups in total. The van der Waals surface area contributed by atoms with Crippen LogP contribution < -0.4 is 21.3 Å². The van der Waals surface area contributed by atoms with Gasteiger partial charge >= 0.3 is 16.4 Å². The molecule has 78 heavy (non-hydrogen) atoms. The van der Waals surface area contributed by atoms with Crippen LogP contribution in [0.3, 0.4) is 0 Å². The predicted octanol–water partition coefficient (Wildman–Crippen LogP) is -3.76. The fourth-order valence-corrected chi connectivity index (χ4v) is 9.60. The average Bonchev–Trinajstić information content (AvgIpc) is 3.44. The highest BCUT2D eigenvalue weighted by Gasteiger charge is 2.56. The third-order valence-corrected chi connectivity index (χ3v) is 13.6. The number of aliphatic hydroxyl groups is 8. The van der Waals surface area contributed by atoms with E-state index in [0.29, 0.717) is 6.42 Å². The molecule has 4 aliphatic heterocycles. The van der Waals surface area contributed by atoms with Crippen LogP contribution in [0.2, 0.25) is 0 Å². The van der Waals surface area contributed by atoms with Gasteiger partial charge in [-0.25, -0.2) is 4.18 Å². The molecule has 0 spiro atoms. The molecule has 0 aromatic carbocycles. The summed E-state index contributed by atoms with van der Waals surface area (Å²) in [7, 11) is -5.16. The Kier molecular flexibility index (Phi) is 27.8. The third kappa shape index (κ3) is 20.3. The Morgan fingerprint density at radius 2 is 0.936 bits per heavy atom. The van der Waals surface area contributed by atoms with Crippen LogP contribution in [-0.4, -0.2) is 232 Å². The zero-order chi connectivity index (χ0) is 57.9. The lowest BCUT2D eigenvalue weighted by atomic mass is 9.93. The van der Waals surface area contributed by atoms with Crippen molar-refractivity contribution < 1.29 is 120 Å². The monoisotopic (exact) mass is 1140 g/mol. The van der Waals surface area contributed by atoms with E-state index in [1.807, 2.05) is 0 Å². The number of unbranched alkanes of at least 4 members (excludes halogenated alkanes) is 8. The Hall–Kier alpha value is -3.90. The summed E-state index contributed by atoms with van der Waals surface area (Å²) >= 11 is 0. The fraction of sp³-hybridized carbons (Fsp3) is 0.812. The number of esters is 1. The summed E-state index contributed by atoms with van der Waals surface area (Å²) in [6, 6.07) is -6.73. The number of allylic oxidation sites excluding steroid dienone is 3. The van der Waals surface area contributed by atoms with Gasteiger partial charge in [-0.15, -0.1) is 0 Å². The SMILES string of the molecule is CCCCCC/C=C\CCCCC/C=C/C(=O)NC1[C@H](O[C@H]2C(O)C(NC(C)=O)[C@H](O[C@@H]3C(CO)O[C@@H](O[C@H]4C(O)C(NC(C)=O)C(O)O[C@H]4COS(=O)(=O)O)C(NC(C)=O)[C@H]3O)O[C@H]2CO)OC(COC(C)=O)[C@@H](O)[C@@H]1O. The molecule has 4 heterocycles. The Labute approximate surface area is 452 Å². The second kappa shape index (κ2) is 32.5. The van der Waals surface area contributed by atoms with E-state index in [0.717, 1.165) is 59.8 Å². The predicted molar refractivity (Wildman–Crippen MR) is 265 cm³/mol. The van der Waals surface area contributed by atoms with Crippen LogP contribution in [0.1, 0.15) is 98.8 Å². The largest absolute Gasteiger partial charge is 0.463 e. The van der Waals surface area contributed by atoms with Crippen LogP contribution in [0.15, 0.2) is 24.3 Å². The summed E-state index contributed by atoms with van der Waals surface area (Å²) in [6.07, 6.45) is -12.2. The van der Waals surface area contributed by atoms with E-state index < -0.39 is 189 Å².